The number of carboxylic acid groups (broad SMARTS) is 1. The van der Waals surface area contributed by atoms with E-state index in [1.165, 1.54) is 36.4 Å². The number of nitro benzene ring substituents is 2. The lowest BCUT2D eigenvalue weighted by Gasteiger charge is -2.20. The quantitative estimate of drug-likeness (QED) is 0.0282. The highest BCUT2D eigenvalue weighted by atomic mass is 35.5. The maximum absolute atomic E-state index is 13.1. The van der Waals surface area contributed by atoms with Crippen LogP contribution in [0.25, 0.3) is 42.7 Å². The summed E-state index contributed by atoms with van der Waals surface area (Å²) in [5.74, 6) is -3.42. The van der Waals surface area contributed by atoms with Crippen LogP contribution >= 0.6 is 68.5 Å². The van der Waals surface area contributed by atoms with E-state index in [-0.39, 0.29) is 63.0 Å². The number of aromatic nitrogens is 2. The maximum Gasteiger partial charge on any atom is 0.378 e. The fraction of sp³-hybridized carbons (Fsp3) is 0.0952. The summed E-state index contributed by atoms with van der Waals surface area (Å²) in [5.41, 5.74) is 1.22. The standard InChI is InChI=1S/C23H18ClN3O6S2.C19H10ClN3O6S2/c1-23(2,3)33-22(29)17-14(12-7-9-13(24)10-8-12)11-34-20(17)25-19(28)21-26(30)15-5-4-6-16(27(31)32)18(15)35-21;20-10-6-4-9(5-7-10)11-8-30-17(14(11)19(25)26)21-16(24)18-22(27)12-2-1-3-13(23(28)29)15(12)31-18/h4-11H,1-3H3,(H-,25,28,29,30);1-8H,(H2-,21,24,25,26,27)/p+2. The highest BCUT2D eigenvalue weighted by Gasteiger charge is 2.35. The van der Waals surface area contributed by atoms with Crippen LogP contribution in [0.15, 0.2) is 95.7 Å². The number of thiazole rings is 2. The Kier molecular flexibility index (Phi) is 13.4. The van der Waals surface area contributed by atoms with E-state index in [0.717, 1.165) is 45.3 Å². The highest BCUT2D eigenvalue weighted by Crippen LogP contribution is 2.40. The van der Waals surface area contributed by atoms with E-state index < -0.39 is 39.2 Å². The van der Waals surface area contributed by atoms with Crippen molar-refractivity contribution in [2.75, 3.05) is 10.6 Å². The molecule has 0 unspecified atom stereocenters. The molecule has 2 amide bonds. The molecule has 0 bridgehead atoms. The number of fused-ring (bicyclic) bond motifs is 2. The van der Waals surface area contributed by atoms with E-state index in [1.807, 2.05) is 0 Å². The molecule has 4 heterocycles. The molecule has 4 aromatic heterocycles. The molecular formula is C42H30Cl2N6O12S4+2. The smallest absolute Gasteiger partial charge is 0.378 e. The molecule has 0 saturated heterocycles. The zero-order valence-corrected chi connectivity index (χ0v) is 38.7. The van der Waals surface area contributed by atoms with Gasteiger partial charge >= 0.3 is 33.8 Å². The summed E-state index contributed by atoms with van der Waals surface area (Å²) in [4.78, 5) is 72.3. The number of aromatic carboxylic acids is 1. The minimum atomic E-state index is -1.25. The van der Waals surface area contributed by atoms with Crippen LogP contribution in [0.2, 0.25) is 10.0 Å². The largest absolute Gasteiger partial charge is 0.478 e. The van der Waals surface area contributed by atoms with Crippen LogP contribution in [0.5, 0.6) is 0 Å². The molecule has 0 aliphatic rings. The molecular weight excluding hydrogens is 980 g/mol. The number of hydrogen-bond acceptors (Lipinski definition) is 15. The summed E-state index contributed by atoms with van der Waals surface area (Å²) in [7, 11) is 0. The molecule has 0 fully saturated rings. The Balaban J connectivity index is 0.000000198. The number of esters is 1. The second-order valence-electron chi connectivity index (χ2n) is 14.6. The third-order valence-electron chi connectivity index (χ3n) is 9.13. The number of carbonyl (C=O) groups is 4. The molecule has 4 aromatic carbocycles. The number of rotatable bonds is 10. The van der Waals surface area contributed by atoms with Crippen molar-refractivity contribution in [3.05, 3.63) is 147 Å². The average molecular weight is 1010 g/mol. The van der Waals surface area contributed by atoms with Gasteiger partial charge in [0.1, 0.15) is 26.7 Å². The number of nitro groups is 2. The van der Waals surface area contributed by atoms with Crippen LogP contribution in [0.4, 0.5) is 21.4 Å². The molecule has 0 aliphatic heterocycles. The lowest BCUT2D eigenvalue weighted by atomic mass is 10.0. The van der Waals surface area contributed by atoms with Crippen LogP contribution < -0.4 is 20.1 Å². The van der Waals surface area contributed by atoms with Gasteiger partial charge in [-0.25, -0.2) is 9.59 Å². The number of non-ortho nitro benzene ring substituents is 2. The van der Waals surface area contributed by atoms with E-state index in [2.05, 4.69) is 10.6 Å². The number of amides is 2. The second-order valence-corrected chi connectivity index (χ2v) is 19.3. The van der Waals surface area contributed by atoms with Gasteiger partial charge in [-0.3, -0.25) is 40.2 Å². The summed E-state index contributed by atoms with van der Waals surface area (Å²) in [6, 6.07) is 21.7. The third-order valence-corrected chi connectivity index (χ3v) is 13.8. The van der Waals surface area contributed by atoms with Crippen LogP contribution in [0, 0.1) is 20.2 Å². The SMILES string of the molecule is CC(C)(C)OC(=O)c1c(-c2ccc(Cl)cc2)csc1NC(=O)c1sc2c([N+](=O)[O-])cccc2[n+]1O.O=C(O)c1c(-c2ccc(Cl)cc2)csc1NC(=O)c1sc2c([N+](=O)[O-])cccc2[n+]1O. The first kappa shape index (κ1) is 46.9. The van der Waals surface area contributed by atoms with E-state index in [1.54, 1.807) is 80.1 Å². The number of benzene rings is 4. The lowest BCUT2D eigenvalue weighted by molar-refractivity contribution is -0.882. The third kappa shape index (κ3) is 9.63. The van der Waals surface area contributed by atoms with Crippen molar-refractivity contribution in [3.63, 3.8) is 0 Å². The number of nitrogens with one attached hydrogen (secondary N) is 2. The van der Waals surface area contributed by atoms with E-state index in [0.29, 0.717) is 41.8 Å². The average Bonchev–Trinajstić information content (AvgIpc) is 4.04. The summed E-state index contributed by atoms with van der Waals surface area (Å²) in [5, 5.41) is 62.5. The molecule has 336 valence electrons. The Hall–Kier alpha value is -7.08. The van der Waals surface area contributed by atoms with Crippen molar-refractivity contribution in [3.8, 4) is 22.3 Å². The van der Waals surface area contributed by atoms with Crippen molar-refractivity contribution >= 4 is 134 Å². The van der Waals surface area contributed by atoms with Gasteiger partial charge in [0, 0.05) is 65.7 Å². The van der Waals surface area contributed by atoms with Crippen molar-refractivity contribution in [1.82, 2.24) is 0 Å². The molecule has 5 N–H and O–H groups in total. The van der Waals surface area contributed by atoms with Crippen molar-refractivity contribution in [1.29, 1.82) is 0 Å². The number of nitrogens with zero attached hydrogens (tertiary/aromatic N) is 4. The summed E-state index contributed by atoms with van der Waals surface area (Å²) >= 11 is 15.5. The van der Waals surface area contributed by atoms with Gasteiger partial charge in [-0.2, -0.15) is 0 Å². The number of anilines is 2. The molecule has 8 aromatic rings. The number of halogens is 2. The monoisotopic (exact) mass is 1010 g/mol. The minimum absolute atomic E-state index is 0.0643. The van der Waals surface area contributed by atoms with Crippen LogP contribution in [-0.4, -0.2) is 54.7 Å². The first-order valence-corrected chi connectivity index (χ1v) is 22.9. The predicted molar refractivity (Wildman–Crippen MR) is 249 cm³/mol. The fourth-order valence-electron chi connectivity index (χ4n) is 6.28. The Labute approximate surface area is 396 Å². The Morgan fingerprint density at radius 1 is 0.652 bits per heavy atom. The number of thiophene rings is 2. The highest BCUT2D eigenvalue weighted by molar-refractivity contribution is 7.21. The van der Waals surface area contributed by atoms with Gasteiger partial charge < -0.3 is 20.5 Å². The Bertz CT molecular complexity index is 3270. The molecule has 24 heteroatoms. The zero-order valence-electron chi connectivity index (χ0n) is 33.9. The van der Waals surface area contributed by atoms with Crippen molar-refractivity contribution in [2.45, 2.75) is 26.4 Å². The van der Waals surface area contributed by atoms with Gasteiger partial charge in [0.25, 0.3) is 22.4 Å². The predicted octanol–water partition coefficient (Wildman–Crippen LogP) is 10.6. The molecule has 8 rings (SSSR count). The normalized spacial score (nSPS) is 11.2. The van der Waals surface area contributed by atoms with Crippen LogP contribution in [0.3, 0.4) is 0 Å². The van der Waals surface area contributed by atoms with Crippen LogP contribution in [-0.2, 0) is 4.74 Å². The van der Waals surface area contributed by atoms with Gasteiger partial charge in [-0.1, -0.05) is 47.5 Å². The molecule has 0 radical (unpaired) electrons. The second kappa shape index (κ2) is 18.8. The van der Waals surface area contributed by atoms with Gasteiger partial charge in [0.15, 0.2) is 9.40 Å². The molecule has 0 saturated carbocycles. The van der Waals surface area contributed by atoms with Gasteiger partial charge in [0.05, 0.1) is 9.85 Å². The van der Waals surface area contributed by atoms with Gasteiger partial charge in [0.2, 0.25) is 0 Å². The molecule has 0 spiro atoms. The molecule has 66 heavy (non-hydrogen) atoms. The van der Waals surface area contributed by atoms with Crippen molar-refractivity contribution < 1.29 is 58.7 Å². The minimum Gasteiger partial charge on any atom is -0.478 e. The molecule has 18 nitrogen and oxygen atoms in total. The molecule has 0 aliphatic carbocycles. The maximum atomic E-state index is 13.1. The fourth-order valence-corrected chi connectivity index (χ4v) is 10.5. The Morgan fingerprint density at radius 3 is 1.42 bits per heavy atom. The number of hydrogen-bond donors (Lipinski definition) is 5. The summed E-state index contributed by atoms with van der Waals surface area (Å²) in [6.45, 7) is 5.20. The van der Waals surface area contributed by atoms with Crippen molar-refractivity contribution in [2.24, 2.45) is 0 Å². The van der Waals surface area contributed by atoms with E-state index in [9.17, 15) is 54.9 Å². The summed E-state index contributed by atoms with van der Waals surface area (Å²) in [6.07, 6.45) is 0. The van der Waals surface area contributed by atoms with Gasteiger partial charge in [-0.15, -0.1) is 22.7 Å². The van der Waals surface area contributed by atoms with Gasteiger partial charge in [-0.05, 0) is 91.0 Å². The van der Waals surface area contributed by atoms with Crippen LogP contribution in [0.1, 0.15) is 61.1 Å². The number of carboxylic acids is 1. The van der Waals surface area contributed by atoms with E-state index in [4.69, 9.17) is 27.9 Å². The number of ether oxygens (including phenoxy) is 1. The first-order chi connectivity index (χ1) is 31.2. The first-order valence-electron chi connectivity index (χ1n) is 18.7. The summed E-state index contributed by atoms with van der Waals surface area (Å²) < 4.78 is 6.99. The number of carbonyl (C=O) groups excluding carboxylic acids is 3. The van der Waals surface area contributed by atoms with E-state index >= 15 is 0 Å². The lowest BCUT2D eigenvalue weighted by Crippen LogP contribution is -2.37. The topological polar surface area (TPSA) is 256 Å². The molecule has 0 atom stereocenters. The zero-order chi connectivity index (χ0) is 47.8. The Morgan fingerprint density at radius 2 is 1.05 bits per heavy atom.